The number of hydrogen-bond donors (Lipinski definition) is 2. The fourth-order valence-corrected chi connectivity index (χ4v) is 2.90. The minimum Gasteiger partial charge on any atom is -0.408 e. The predicted octanol–water partition coefficient (Wildman–Crippen LogP) is 1.26. The molecular formula is C14H19N3O2. The Kier molecular flexibility index (Phi) is 3.40. The van der Waals surface area contributed by atoms with Crippen LogP contribution in [-0.4, -0.2) is 36.1 Å². The number of fused-ring (bicyclic) bond motifs is 1. The number of aromatic amines is 1. The number of benzene rings is 1. The van der Waals surface area contributed by atoms with E-state index in [4.69, 9.17) is 10.2 Å². The molecule has 1 aromatic heterocycles. The molecule has 5 heteroatoms. The highest BCUT2D eigenvalue weighted by Crippen LogP contribution is 2.29. The zero-order chi connectivity index (χ0) is 13.2. The van der Waals surface area contributed by atoms with Crippen molar-refractivity contribution in [2.45, 2.75) is 18.8 Å². The Morgan fingerprint density at radius 3 is 2.89 bits per heavy atom. The first-order chi connectivity index (χ1) is 9.26. The van der Waals surface area contributed by atoms with E-state index in [-0.39, 0.29) is 5.76 Å². The minimum absolute atomic E-state index is 0.384. The van der Waals surface area contributed by atoms with Crippen LogP contribution >= 0.6 is 0 Å². The molecule has 3 N–H and O–H groups in total. The number of likely N-dealkylation sites (tertiary alicyclic amines) is 1. The first kappa shape index (κ1) is 12.4. The number of hydrogen-bond acceptors (Lipinski definition) is 4. The van der Waals surface area contributed by atoms with Crippen molar-refractivity contribution in [2.24, 2.45) is 5.73 Å². The molecule has 102 valence electrons. The van der Waals surface area contributed by atoms with Gasteiger partial charge in [-0.15, -0.1) is 0 Å². The van der Waals surface area contributed by atoms with E-state index in [0.717, 1.165) is 44.5 Å². The van der Waals surface area contributed by atoms with Crippen molar-refractivity contribution in [1.82, 2.24) is 9.88 Å². The molecule has 0 atom stereocenters. The largest absolute Gasteiger partial charge is 0.417 e. The molecule has 1 saturated heterocycles. The Labute approximate surface area is 111 Å². The lowest BCUT2D eigenvalue weighted by Crippen LogP contribution is -2.36. The summed E-state index contributed by atoms with van der Waals surface area (Å²) in [7, 11) is 0. The van der Waals surface area contributed by atoms with Crippen LogP contribution in [0.3, 0.4) is 0 Å². The molecule has 0 unspecified atom stereocenters. The van der Waals surface area contributed by atoms with E-state index < -0.39 is 0 Å². The maximum Gasteiger partial charge on any atom is 0.417 e. The predicted molar refractivity (Wildman–Crippen MR) is 74.3 cm³/mol. The molecule has 5 nitrogen and oxygen atoms in total. The van der Waals surface area contributed by atoms with E-state index >= 15 is 0 Å². The van der Waals surface area contributed by atoms with Crippen LogP contribution in [0.5, 0.6) is 0 Å². The van der Waals surface area contributed by atoms with Gasteiger partial charge in [0.15, 0.2) is 5.58 Å². The zero-order valence-corrected chi connectivity index (χ0v) is 10.9. The van der Waals surface area contributed by atoms with E-state index in [1.165, 1.54) is 5.56 Å². The molecule has 1 fully saturated rings. The average Bonchev–Trinajstić information content (AvgIpc) is 2.79. The lowest BCUT2D eigenvalue weighted by atomic mass is 9.89. The number of nitrogens with zero attached hydrogens (tertiary/aromatic N) is 1. The first-order valence-electron chi connectivity index (χ1n) is 6.81. The molecule has 0 amide bonds. The van der Waals surface area contributed by atoms with Crippen LogP contribution in [-0.2, 0) is 0 Å². The van der Waals surface area contributed by atoms with Crippen LogP contribution in [0.15, 0.2) is 27.4 Å². The summed E-state index contributed by atoms with van der Waals surface area (Å²) in [5, 5.41) is 0. The van der Waals surface area contributed by atoms with Crippen molar-refractivity contribution in [3.8, 4) is 0 Å². The molecule has 0 spiro atoms. The maximum absolute atomic E-state index is 11.2. The number of H-pyrrole nitrogens is 1. The molecule has 2 aromatic rings. The van der Waals surface area contributed by atoms with Crippen LogP contribution in [0.2, 0.25) is 0 Å². The second kappa shape index (κ2) is 5.19. The summed E-state index contributed by atoms with van der Waals surface area (Å²) in [4.78, 5) is 16.3. The Hall–Kier alpha value is -1.59. The van der Waals surface area contributed by atoms with Crippen molar-refractivity contribution < 1.29 is 4.42 Å². The standard InChI is InChI=1S/C14H19N3O2/c15-5-8-17-6-3-10(4-7-17)11-1-2-13-12(9-11)16-14(18)19-13/h1-2,9-10H,3-8,15H2,(H,16,18). The van der Waals surface area contributed by atoms with Gasteiger partial charge in [0.25, 0.3) is 0 Å². The number of rotatable bonds is 3. The highest BCUT2D eigenvalue weighted by atomic mass is 16.4. The third-order valence-electron chi connectivity index (χ3n) is 3.95. The average molecular weight is 261 g/mol. The summed E-state index contributed by atoms with van der Waals surface area (Å²) in [6, 6.07) is 6.00. The Morgan fingerprint density at radius 2 is 2.16 bits per heavy atom. The number of nitrogens with two attached hydrogens (primary N) is 1. The van der Waals surface area contributed by atoms with Gasteiger partial charge in [0, 0.05) is 13.1 Å². The van der Waals surface area contributed by atoms with Gasteiger partial charge in [-0.05, 0) is 49.5 Å². The fourth-order valence-electron chi connectivity index (χ4n) is 2.90. The van der Waals surface area contributed by atoms with E-state index in [2.05, 4.69) is 16.0 Å². The first-order valence-corrected chi connectivity index (χ1v) is 6.81. The molecule has 1 aliphatic heterocycles. The summed E-state index contributed by atoms with van der Waals surface area (Å²) >= 11 is 0. The van der Waals surface area contributed by atoms with Crippen LogP contribution < -0.4 is 11.5 Å². The SMILES string of the molecule is NCCN1CCC(c2ccc3oc(=O)[nH]c3c2)CC1. The molecule has 1 aliphatic rings. The molecule has 0 saturated carbocycles. The monoisotopic (exact) mass is 261 g/mol. The van der Waals surface area contributed by atoms with Gasteiger partial charge in [0.2, 0.25) is 0 Å². The summed E-state index contributed by atoms with van der Waals surface area (Å²) in [5.74, 6) is 0.182. The van der Waals surface area contributed by atoms with Crippen molar-refractivity contribution >= 4 is 11.1 Å². The van der Waals surface area contributed by atoms with Crippen molar-refractivity contribution in [3.63, 3.8) is 0 Å². The molecule has 1 aromatic carbocycles. The number of piperidine rings is 1. The van der Waals surface area contributed by atoms with E-state index in [0.29, 0.717) is 11.5 Å². The second-order valence-corrected chi connectivity index (χ2v) is 5.17. The van der Waals surface area contributed by atoms with Gasteiger partial charge in [-0.1, -0.05) is 6.07 Å². The Balaban J connectivity index is 1.76. The quantitative estimate of drug-likeness (QED) is 0.872. The Morgan fingerprint density at radius 1 is 1.37 bits per heavy atom. The van der Waals surface area contributed by atoms with Crippen LogP contribution in [0.1, 0.15) is 24.3 Å². The number of nitrogens with one attached hydrogen (secondary N) is 1. The topological polar surface area (TPSA) is 75.3 Å². The molecule has 0 bridgehead atoms. The van der Waals surface area contributed by atoms with Crippen LogP contribution in [0.4, 0.5) is 0 Å². The van der Waals surface area contributed by atoms with Gasteiger partial charge in [-0.2, -0.15) is 0 Å². The third-order valence-corrected chi connectivity index (χ3v) is 3.95. The third kappa shape index (κ3) is 2.57. The normalized spacial score (nSPS) is 18.2. The van der Waals surface area contributed by atoms with Gasteiger partial charge in [-0.25, -0.2) is 4.79 Å². The van der Waals surface area contributed by atoms with Gasteiger partial charge in [0.1, 0.15) is 0 Å². The summed E-state index contributed by atoms with van der Waals surface area (Å²) < 4.78 is 5.03. The maximum atomic E-state index is 11.2. The lowest BCUT2D eigenvalue weighted by Gasteiger charge is -2.31. The minimum atomic E-state index is -0.384. The van der Waals surface area contributed by atoms with Gasteiger partial charge < -0.3 is 15.1 Å². The van der Waals surface area contributed by atoms with Crippen LogP contribution in [0.25, 0.3) is 11.1 Å². The Bertz CT molecular complexity index is 608. The molecule has 19 heavy (non-hydrogen) atoms. The number of oxazole rings is 1. The second-order valence-electron chi connectivity index (χ2n) is 5.17. The van der Waals surface area contributed by atoms with Gasteiger partial charge in [-0.3, -0.25) is 4.98 Å². The zero-order valence-electron chi connectivity index (χ0n) is 10.9. The van der Waals surface area contributed by atoms with Crippen molar-refractivity contribution in [3.05, 3.63) is 34.3 Å². The summed E-state index contributed by atoms with van der Waals surface area (Å²) in [6.45, 7) is 3.91. The van der Waals surface area contributed by atoms with Crippen molar-refractivity contribution in [1.29, 1.82) is 0 Å². The summed E-state index contributed by atoms with van der Waals surface area (Å²) in [6.07, 6.45) is 2.29. The fraction of sp³-hybridized carbons (Fsp3) is 0.500. The van der Waals surface area contributed by atoms with Crippen LogP contribution in [0, 0.1) is 0 Å². The van der Waals surface area contributed by atoms with E-state index in [1.54, 1.807) is 0 Å². The molecule has 0 aliphatic carbocycles. The van der Waals surface area contributed by atoms with E-state index in [9.17, 15) is 4.79 Å². The van der Waals surface area contributed by atoms with E-state index in [1.807, 2.05) is 12.1 Å². The van der Waals surface area contributed by atoms with Crippen molar-refractivity contribution in [2.75, 3.05) is 26.2 Å². The van der Waals surface area contributed by atoms with Gasteiger partial charge >= 0.3 is 5.76 Å². The molecule has 0 radical (unpaired) electrons. The lowest BCUT2D eigenvalue weighted by molar-refractivity contribution is 0.218. The smallest absolute Gasteiger partial charge is 0.408 e. The number of aromatic nitrogens is 1. The van der Waals surface area contributed by atoms with Gasteiger partial charge in [0.05, 0.1) is 5.52 Å². The molecule has 3 rings (SSSR count). The highest BCUT2D eigenvalue weighted by molar-refractivity contribution is 5.72. The highest BCUT2D eigenvalue weighted by Gasteiger charge is 2.20. The summed E-state index contributed by atoms with van der Waals surface area (Å²) in [5.41, 5.74) is 8.30. The molecular weight excluding hydrogens is 242 g/mol. The molecule has 2 heterocycles.